The van der Waals surface area contributed by atoms with Crippen LogP contribution in [-0.4, -0.2) is 17.2 Å². The molecule has 5 heteroatoms. The van der Waals surface area contributed by atoms with E-state index in [9.17, 15) is 9.50 Å². The first-order valence-corrected chi connectivity index (χ1v) is 7.66. The second kappa shape index (κ2) is 6.12. The van der Waals surface area contributed by atoms with Gasteiger partial charge in [-0.15, -0.1) is 11.3 Å². The molecule has 0 aliphatic rings. The summed E-state index contributed by atoms with van der Waals surface area (Å²) in [5.74, 6) is -0.107. The molecule has 1 N–H and O–H groups in total. The van der Waals surface area contributed by atoms with Crippen LogP contribution in [0.3, 0.4) is 0 Å². The van der Waals surface area contributed by atoms with Crippen molar-refractivity contribution in [1.29, 1.82) is 0 Å². The molecule has 2 aromatic rings. The largest absolute Gasteiger partial charge is 0.496 e. The van der Waals surface area contributed by atoms with E-state index in [1.165, 1.54) is 24.5 Å². The molecule has 1 aromatic heterocycles. The molecule has 1 heterocycles. The molecule has 2 rings (SSSR count). The van der Waals surface area contributed by atoms with Crippen LogP contribution in [0.15, 0.2) is 23.6 Å². The van der Waals surface area contributed by atoms with Crippen molar-refractivity contribution in [2.75, 3.05) is 7.11 Å². The Morgan fingerprint density at radius 1 is 1.38 bits per heavy atom. The highest BCUT2D eigenvalue weighted by molar-refractivity contribution is 7.09. The molecule has 1 unspecified atom stereocenters. The third-order valence-corrected chi connectivity index (χ3v) is 4.13. The first-order valence-electron chi connectivity index (χ1n) is 6.78. The van der Waals surface area contributed by atoms with Gasteiger partial charge in [0, 0.05) is 17.2 Å². The van der Waals surface area contributed by atoms with Gasteiger partial charge in [-0.2, -0.15) is 0 Å². The molecule has 0 saturated heterocycles. The SMILES string of the molecule is COc1cccc(F)c1C(O)Cc1nc(C(C)(C)C)cs1. The number of methoxy groups -OCH3 is 1. The maximum absolute atomic E-state index is 13.9. The molecule has 1 atom stereocenters. The van der Waals surface area contributed by atoms with Crippen LogP contribution in [0.25, 0.3) is 0 Å². The third-order valence-electron chi connectivity index (χ3n) is 3.25. The van der Waals surface area contributed by atoms with Gasteiger partial charge in [0.25, 0.3) is 0 Å². The highest BCUT2D eigenvalue weighted by atomic mass is 32.1. The topological polar surface area (TPSA) is 42.4 Å². The average Bonchev–Trinajstić information content (AvgIpc) is 2.86. The number of ether oxygens (including phenoxy) is 1. The van der Waals surface area contributed by atoms with E-state index in [1.807, 2.05) is 5.38 Å². The first kappa shape index (κ1) is 15.9. The summed E-state index contributed by atoms with van der Waals surface area (Å²) in [5.41, 5.74) is 1.14. The summed E-state index contributed by atoms with van der Waals surface area (Å²) >= 11 is 1.48. The third kappa shape index (κ3) is 3.60. The first-order chi connectivity index (χ1) is 9.82. The fourth-order valence-corrected chi connectivity index (χ4v) is 3.09. The van der Waals surface area contributed by atoms with Crippen molar-refractivity contribution >= 4 is 11.3 Å². The van der Waals surface area contributed by atoms with Crippen molar-refractivity contribution in [2.45, 2.75) is 38.7 Å². The fraction of sp³-hybridized carbons (Fsp3) is 0.438. The van der Waals surface area contributed by atoms with Gasteiger partial charge >= 0.3 is 0 Å². The zero-order valence-corrected chi connectivity index (χ0v) is 13.5. The number of aromatic nitrogens is 1. The molecule has 0 radical (unpaired) electrons. The Morgan fingerprint density at radius 2 is 2.10 bits per heavy atom. The molecule has 0 amide bonds. The van der Waals surface area contributed by atoms with Crippen LogP contribution >= 0.6 is 11.3 Å². The van der Waals surface area contributed by atoms with Crippen LogP contribution in [0.2, 0.25) is 0 Å². The van der Waals surface area contributed by atoms with Gasteiger partial charge in [-0.3, -0.25) is 0 Å². The molecular weight excluding hydrogens is 289 g/mol. The Morgan fingerprint density at radius 3 is 2.67 bits per heavy atom. The Bertz CT molecular complexity index is 619. The monoisotopic (exact) mass is 309 g/mol. The second-order valence-electron chi connectivity index (χ2n) is 5.95. The van der Waals surface area contributed by atoms with Gasteiger partial charge in [0.15, 0.2) is 0 Å². The predicted molar refractivity (Wildman–Crippen MR) is 82.4 cm³/mol. The summed E-state index contributed by atoms with van der Waals surface area (Å²) in [7, 11) is 1.46. The minimum atomic E-state index is -0.972. The molecule has 0 aliphatic carbocycles. The van der Waals surface area contributed by atoms with E-state index in [2.05, 4.69) is 25.8 Å². The summed E-state index contributed by atoms with van der Waals surface area (Å²) in [6, 6.07) is 4.53. The zero-order chi connectivity index (χ0) is 15.6. The Kier molecular flexibility index (Phi) is 4.64. The van der Waals surface area contributed by atoms with Gasteiger partial charge in [-0.1, -0.05) is 26.8 Å². The van der Waals surface area contributed by atoms with Crippen LogP contribution in [0.1, 0.15) is 43.1 Å². The molecule has 0 saturated carbocycles. The lowest BCUT2D eigenvalue weighted by Gasteiger charge is -2.15. The number of nitrogens with zero attached hydrogens (tertiary/aromatic N) is 1. The molecule has 0 spiro atoms. The van der Waals surface area contributed by atoms with E-state index in [4.69, 9.17) is 4.74 Å². The fourth-order valence-electron chi connectivity index (χ4n) is 2.04. The van der Waals surface area contributed by atoms with Gasteiger partial charge in [0.1, 0.15) is 11.6 Å². The van der Waals surface area contributed by atoms with E-state index >= 15 is 0 Å². The number of thiazole rings is 1. The number of aliphatic hydroxyl groups excluding tert-OH is 1. The van der Waals surface area contributed by atoms with Crippen molar-refractivity contribution < 1.29 is 14.2 Å². The molecule has 0 fully saturated rings. The zero-order valence-electron chi connectivity index (χ0n) is 12.7. The summed E-state index contributed by atoms with van der Waals surface area (Å²) in [4.78, 5) is 4.53. The molecular formula is C16H20FNO2S. The van der Waals surface area contributed by atoms with Crippen LogP contribution in [0, 0.1) is 5.82 Å². The second-order valence-corrected chi connectivity index (χ2v) is 6.89. The van der Waals surface area contributed by atoms with Crippen molar-refractivity contribution in [3.05, 3.63) is 45.7 Å². The maximum Gasteiger partial charge on any atom is 0.132 e. The van der Waals surface area contributed by atoms with Crippen molar-refractivity contribution in [3.63, 3.8) is 0 Å². The lowest BCUT2D eigenvalue weighted by Crippen LogP contribution is -2.12. The number of hydrogen-bond donors (Lipinski definition) is 1. The van der Waals surface area contributed by atoms with E-state index < -0.39 is 11.9 Å². The van der Waals surface area contributed by atoms with Crippen molar-refractivity contribution in [3.8, 4) is 5.75 Å². The summed E-state index contributed by atoms with van der Waals surface area (Å²) in [6.07, 6.45) is -0.696. The normalized spacial score (nSPS) is 13.2. The maximum atomic E-state index is 13.9. The van der Waals surface area contributed by atoms with Gasteiger partial charge in [-0.25, -0.2) is 9.37 Å². The minimum Gasteiger partial charge on any atom is -0.496 e. The number of benzene rings is 1. The van der Waals surface area contributed by atoms with Gasteiger partial charge in [-0.05, 0) is 12.1 Å². The highest BCUT2D eigenvalue weighted by Gasteiger charge is 2.22. The molecule has 0 bridgehead atoms. The molecule has 3 nitrogen and oxygen atoms in total. The molecule has 1 aromatic carbocycles. The average molecular weight is 309 g/mol. The van der Waals surface area contributed by atoms with Crippen molar-refractivity contribution in [2.24, 2.45) is 0 Å². The van der Waals surface area contributed by atoms with Gasteiger partial charge < -0.3 is 9.84 Å². The number of hydrogen-bond acceptors (Lipinski definition) is 4. The van der Waals surface area contributed by atoms with E-state index in [-0.39, 0.29) is 17.4 Å². The Labute approximate surface area is 128 Å². The van der Waals surface area contributed by atoms with E-state index in [0.717, 1.165) is 10.7 Å². The number of aliphatic hydroxyl groups is 1. The molecule has 0 aliphatic heterocycles. The summed E-state index contributed by atoms with van der Waals surface area (Å²) < 4.78 is 19.1. The standard InChI is InChI=1S/C16H20FNO2S/c1-16(2,3)13-9-21-14(18-13)8-11(19)15-10(17)6-5-7-12(15)20-4/h5-7,9,11,19H,8H2,1-4H3. The summed E-state index contributed by atoms with van der Waals surface area (Å²) in [5, 5.41) is 13.1. The predicted octanol–water partition coefficient (Wildman–Crippen LogP) is 3.86. The van der Waals surface area contributed by atoms with Crippen LogP contribution in [-0.2, 0) is 11.8 Å². The Hall–Kier alpha value is -1.46. The van der Waals surface area contributed by atoms with Crippen LogP contribution < -0.4 is 4.74 Å². The van der Waals surface area contributed by atoms with Gasteiger partial charge in [0.2, 0.25) is 0 Å². The van der Waals surface area contributed by atoms with Crippen molar-refractivity contribution in [1.82, 2.24) is 4.98 Å². The summed E-state index contributed by atoms with van der Waals surface area (Å²) in [6.45, 7) is 6.26. The number of rotatable bonds is 4. The quantitative estimate of drug-likeness (QED) is 0.932. The smallest absolute Gasteiger partial charge is 0.132 e. The van der Waals surface area contributed by atoms with Crippen LogP contribution in [0.4, 0.5) is 4.39 Å². The number of halogens is 1. The lowest BCUT2D eigenvalue weighted by atomic mass is 9.93. The highest BCUT2D eigenvalue weighted by Crippen LogP contribution is 2.31. The van der Waals surface area contributed by atoms with E-state index in [0.29, 0.717) is 5.75 Å². The van der Waals surface area contributed by atoms with E-state index in [1.54, 1.807) is 12.1 Å². The lowest BCUT2D eigenvalue weighted by molar-refractivity contribution is 0.168. The molecule has 21 heavy (non-hydrogen) atoms. The van der Waals surface area contributed by atoms with Gasteiger partial charge in [0.05, 0.1) is 29.5 Å². The molecule has 114 valence electrons. The Balaban J connectivity index is 2.22. The van der Waals surface area contributed by atoms with Crippen LogP contribution in [0.5, 0.6) is 5.75 Å². The minimum absolute atomic E-state index is 0.0324.